The van der Waals surface area contributed by atoms with Gasteiger partial charge in [0.2, 0.25) is 14.9 Å². The largest absolute Gasteiger partial charge is 0.493 e. The van der Waals surface area contributed by atoms with Gasteiger partial charge in [-0.1, -0.05) is 11.3 Å². The third-order valence-corrected chi connectivity index (χ3v) is 8.17. The Morgan fingerprint density at radius 3 is 2.50 bits per heavy atom. The van der Waals surface area contributed by atoms with Crippen LogP contribution in [0.4, 0.5) is 11.5 Å². The van der Waals surface area contributed by atoms with Gasteiger partial charge in [0.15, 0.2) is 23.0 Å². The second kappa shape index (κ2) is 8.26. The number of hydrogen-bond donors (Lipinski definition) is 1. The van der Waals surface area contributed by atoms with Crippen molar-refractivity contribution < 1.29 is 17.9 Å². The molecule has 0 radical (unpaired) electrons. The van der Waals surface area contributed by atoms with Crippen LogP contribution in [0.25, 0.3) is 15.9 Å². The Hall–Kier alpha value is -3.70. The summed E-state index contributed by atoms with van der Waals surface area (Å²) in [6.45, 7) is 3.80. The standard InChI is InChI=1S/C23H21N5O4S2/c1-13-5-7-16(11-14(13)2)34(29,30)23-22-25-21(20-17(9-10-33-20)28(22)27-26-23)24-15-6-8-18(31-3)19(12-15)32-4/h5-12H,1-4H3,(H,24,25). The van der Waals surface area contributed by atoms with E-state index in [0.717, 1.165) is 15.8 Å². The van der Waals surface area contributed by atoms with Gasteiger partial charge in [-0.25, -0.2) is 13.4 Å². The van der Waals surface area contributed by atoms with Crippen LogP contribution >= 0.6 is 11.3 Å². The molecular formula is C23H21N5O4S2. The number of benzene rings is 2. The lowest BCUT2D eigenvalue weighted by Gasteiger charge is -2.12. The normalized spacial score (nSPS) is 11.8. The first kappa shape index (κ1) is 22.1. The summed E-state index contributed by atoms with van der Waals surface area (Å²) in [6, 6.07) is 12.2. The highest BCUT2D eigenvalue weighted by atomic mass is 32.2. The number of aromatic nitrogens is 4. The van der Waals surface area contributed by atoms with Crippen LogP contribution in [0.5, 0.6) is 11.5 Å². The van der Waals surface area contributed by atoms with Gasteiger partial charge in [0.1, 0.15) is 0 Å². The second-order valence-corrected chi connectivity index (χ2v) is 10.5. The summed E-state index contributed by atoms with van der Waals surface area (Å²) in [6.07, 6.45) is 0. The van der Waals surface area contributed by atoms with Gasteiger partial charge in [0, 0.05) is 11.8 Å². The van der Waals surface area contributed by atoms with E-state index in [-0.39, 0.29) is 15.6 Å². The molecule has 3 heterocycles. The van der Waals surface area contributed by atoms with Crippen LogP contribution in [0.2, 0.25) is 0 Å². The van der Waals surface area contributed by atoms with Crippen LogP contribution in [0.3, 0.4) is 0 Å². The number of methoxy groups -OCH3 is 2. The molecule has 174 valence electrons. The fourth-order valence-electron chi connectivity index (χ4n) is 3.63. The highest BCUT2D eigenvalue weighted by Gasteiger charge is 2.27. The third-order valence-electron chi connectivity index (χ3n) is 5.61. The van der Waals surface area contributed by atoms with E-state index in [1.54, 1.807) is 44.6 Å². The highest BCUT2D eigenvalue weighted by Crippen LogP contribution is 2.35. The topological polar surface area (TPSA) is 108 Å². The maximum Gasteiger partial charge on any atom is 0.229 e. The van der Waals surface area contributed by atoms with Gasteiger partial charge < -0.3 is 14.8 Å². The Balaban J connectivity index is 1.67. The van der Waals surface area contributed by atoms with Crippen LogP contribution in [0.15, 0.2) is 57.8 Å². The summed E-state index contributed by atoms with van der Waals surface area (Å²) in [5, 5.41) is 13.1. The van der Waals surface area contributed by atoms with Crippen molar-refractivity contribution in [3.8, 4) is 11.5 Å². The minimum absolute atomic E-state index is 0.145. The molecule has 0 saturated carbocycles. The first-order chi connectivity index (χ1) is 16.3. The molecule has 0 amide bonds. The van der Waals surface area contributed by atoms with E-state index in [2.05, 4.69) is 20.6 Å². The number of sulfone groups is 1. The zero-order chi connectivity index (χ0) is 24.0. The number of nitrogens with zero attached hydrogens (tertiary/aromatic N) is 4. The minimum atomic E-state index is -3.94. The average molecular weight is 496 g/mol. The van der Waals surface area contributed by atoms with Crippen molar-refractivity contribution in [2.45, 2.75) is 23.8 Å². The Kier molecular flexibility index (Phi) is 5.37. The van der Waals surface area contributed by atoms with Crippen molar-refractivity contribution >= 4 is 48.5 Å². The lowest BCUT2D eigenvalue weighted by molar-refractivity contribution is 0.355. The molecule has 2 aromatic carbocycles. The van der Waals surface area contributed by atoms with E-state index in [0.29, 0.717) is 28.5 Å². The zero-order valence-corrected chi connectivity index (χ0v) is 20.5. The first-order valence-corrected chi connectivity index (χ1v) is 12.6. The van der Waals surface area contributed by atoms with Crippen molar-refractivity contribution in [1.82, 2.24) is 19.8 Å². The number of rotatable bonds is 6. The van der Waals surface area contributed by atoms with Gasteiger partial charge in [-0.2, -0.15) is 4.52 Å². The van der Waals surface area contributed by atoms with E-state index in [1.165, 1.54) is 15.9 Å². The molecule has 34 heavy (non-hydrogen) atoms. The molecule has 0 bridgehead atoms. The number of nitrogens with one attached hydrogen (secondary N) is 1. The lowest BCUT2D eigenvalue weighted by atomic mass is 10.1. The Morgan fingerprint density at radius 2 is 1.76 bits per heavy atom. The summed E-state index contributed by atoms with van der Waals surface area (Å²) < 4.78 is 39.9. The summed E-state index contributed by atoms with van der Waals surface area (Å²) in [5.41, 5.74) is 3.43. The van der Waals surface area contributed by atoms with Crippen LogP contribution < -0.4 is 14.8 Å². The SMILES string of the molecule is COc1ccc(Nc2nc3c(S(=O)(=O)c4ccc(C)c(C)c4)nnn3c3ccsc23)cc1OC. The molecule has 0 aliphatic carbocycles. The van der Waals surface area contributed by atoms with Gasteiger partial charge in [-0.05, 0) is 60.7 Å². The fraction of sp³-hybridized carbons (Fsp3) is 0.174. The van der Waals surface area contributed by atoms with Crippen molar-refractivity contribution in [2.24, 2.45) is 0 Å². The molecule has 9 nitrogen and oxygen atoms in total. The van der Waals surface area contributed by atoms with Crippen LogP contribution in [-0.2, 0) is 9.84 Å². The predicted molar refractivity (Wildman–Crippen MR) is 130 cm³/mol. The van der Waals surface area contributed by atoms with Crippen LogP contribution in [0, 0.1) is 13.8 Å². The lowest BCUT2D eigenvalue weighted by Crippen LogP contribution is -2.06. The first-order valence-electron chi connectivity index (χ1n) is 10.3. The maximum atomic E-state index is 13.5. The summed E-state index contributed by atoms with van der Waals surface area (Å²) in [5.74, 6) is 1.64. The van der Waals surface area contributed by atoms with E-state index in [9.17, 15) is 8.42 Å². The molecule has 11 heteroatoms. The summed E-state index contributed by atoms with van der Waals surface area (Å²) in [7, 11) is -0.810. The van der Waals surface area contributed by atoms with E-state index < -0.39 is 9.84 Å². The van der Waals surface area contributed by atoms with Gasteiger partial charge in [-0.3, -0.25) is 0 Å². The van der Waals surface area contributed by atoms with Gasteiger partial charge in [0.05, 0.1) is 29.3 Å². The van der Waals surface area contributed by atoms with E-state index in [1.807, 2.05) is 31.4 Å². The predicted octanol–water partition coefficient (Wildman–Crippen LogP) is 4.55. The van der Waals surface area contributed by atoms with Crippen molar-refractivity contribution in [3.63, 3.8) is 0 Å². The number of fused-ring (bicyclic) bond motifs is 3. The highest BCUT2D eigenvalue weighted by molar-refractivity contribution is 7.91. The molecule has 1 N–H and O–H groups in total. The Bertz CT molecular complexity index is 1660. The molecule has 5 aromatic rings. The van der Waals surface area contributed by atoms with E-state index in [4.69, 9.17) is 9.47 Å². The summed E-state index contributed by atoms with van der Waals surface area (Å²) >= 11 is 1.46. The molecule has 0 unspecified atom stereocenters. The average Bonchev–Trinajstić information content (AvgIpc) is 3.48. The third kappa shape index (κ3) is 3.53. The number of anilines is 2. The quantitative estimate of drug-likeness (QED) is 0.366. The van der Waals surface area contributed by atoms with Gasteiger partial charge in [-0.15, -0.1) is 16.4 Å². The summed E-state index contributed by atoms with van der Waals surface area (Å²) in [4.78, 5) is 4.80. The second-order valence-electron chi connectivity index (χ2n) is 7.67. The minimum Gasteiger partial charge on any atom is -0.493 e. The molecule has 3 aromatic heterocycles. The smallest absolute Gasteiger partial charge is 0.229 e. The molecule has 0 fully saturated rings. The monoisotopic (exact) mass is 495 g/mol. The Labute approximate surface area is 199 Å². The number of ether oxygens (including phenoxy) is 2. The molecule has 5 rings (SSSR count). The zero-order valence-electron chi connectivity index (χ0n) is 18.9. The molecule has 0 atom stereocenters. The Morgan fingerprint density at radius 1 is 0.971 bits per heavy atom. The van der Waals surface area contributed by atoms with Crippen molar-refractivity contribution in [2.75, 3.05) is 19.5 Å². The van der Waals surface area contributed by atoms with Gasteiger partial charge >= 0.3 is 0 Å². The molecule has 0 spiro atoms. The van der Waals surface area contributed by atoms with Crippen molar-refractivity contribution in [3.05, 3.63) is 59.0 Å². The number of thiophene rings is 1. The molecule has 0 aliphatic rings. The fourth-order valence-corrected chi connectivity index (χ4v) is 5.76. The van der Waals surface area contributed by atoms with Crippen molar-refractivity contribution in [1.29, 1.82) is 0 Å². The number of hydrogen-bond acceptors (Lipinski definition) is 9. The van der Waals surface area contributed by atoms with Gasteiger partial charge in [0.25, 0.3) is 0 Å². The maximum absolute atomic E-state index is 13.5. The molecule has 0 saturated heterocycles. The van der Waals surface area contributed by atoms with E-state index >= 15 is 0 Å². The molecule has 0 aliphatic heterocycles. The van der Waals surface area contributed by atoms with Crippen LogP contribution in [-0.4, -0.2) is 42.4 Å². The molecular weight excluding hydrogens is 474 g/mol. The van der Waals surface area contributed by atoms with Crippen LogP contribution in [0.1, 0.15) is 11.1 Å². The number of aryl methyl sites for hydroxylation is 2.